The first-order valence-electron chi connectivity index (χ1n) is 6.02. The highest BCUT2D eigenvalue weighted by Gasteiger charge is 2.35. The fourth-order valence-corrected chi connectivity index (χ4v) is 2.61. The standard InChI is InChI=1S/C12H15BrFN3O2/c1-16(12(6-15)7-2-3-7)10-5-9(14)8(13)4-11(10)17(18)19/h4-5,7,12H,2-3,6,15H2,1H3. The summed E-state index contributed by atoms with van der Waals surface area (Å²) in [5.41, 5.74) is 5.89. The van der Waals surface area contributed by atoms with Crippen molar-refractivity contribution in [1.82, 2.24) is 0 Å². The molecule has 7 heteroatoms. The quantitative estimate of drug-likeness (QED) is 0.665. The Labute approximate surface area is 118 Å². The zero-order chi connectivity index (χ0) is 14.2. The van der Waals surface area contributed by atoms with E-state index in [1.165, 1.54) is 12.1 Å². The summed E-state index contributed by atoms with van der Waals surface area (Å²) < 4.78 is 13.7. The zero-order valence-electron chi connectivity index (χ0n) is 10.5. The molecule has 5 nitrogen and oxygen atoms in total. The Morgan fingerprint density at radius 1 is 1.63 bits per heavy atom. The number of rotatable bonds is 5. The zero-order valence-corrected chi connectivity index (χ0v) is 12.1. The summed E-state index contributed by atoms with van der Waals surface area (Å²) in [7, 11) is 1.73. The minimum atomic E-state index is -0.515. The molecule has 0 saturated heterocycles. The predicted molar refractivity (Wildman–Crippen MR) is 74.7 cm³/mol. The van der Waals surface area contributed by atoms with Gasteiger partial charge in [0.2, 0.25) is 0 Å². The predicted octanol–water partition coefficient (Wildman–Crippen LogP) is 2.67. The SMILES string of the molecule is CN(c1cc(F)c(Br)cc1[N+](=O)[O-])C(CN)C1CC1. The maximum atomic E-state index is 13.6. The Balaban J connectivity index is 2.41. The minimum absolute atomic E-state index is 0.0132. The Hall–Kier alpha value is -1.21. The molecule has 1 fully saturated rings. The van der Waals surface area contributed by atoms with Crippen LogP contribution in [0, 0.1) is 21.8 Å². The summed E-state index contributed by atoms with van der Waals surface area (Å²) in [6.07, 6.45) is 2.14. The normalized spacial score (nSPS) is 16.2. The number of nitro benzene ring substituents is 1. The number of hydrogen-bond acceptors (Lipinski definition) is 4. The van der Waals surface area contributed by atoms with Gasteiger partial charge in [-0.2, -0.15) is 0 Å². The highest BCUT2D eigenvalue weighted by molar-refractivity contribution is 9.10. The molecular weight excluding hydrogens is 317 g/mol. The first-order chi connectivity index (χ1) is 8.95. The average Bonchev–Trinajstić information content (AvgIpc) is 3.17. The van der Waals surface area contributed by atoms with E-state index in [0.29, 0.717) is 12.5 Å². The van der Waals surface area contributed by atoms with Crippen LogP contribution in [0.2, 0.25) is 0 Å². The number of nitrogens with zero attached hydrogens (tertiary/aromatic N) is 2. The van der Waals surface area contributed by atoms with E-state index >= 15 is 0 Å². The molecule has 1 unspecified atom stereocenters. The van der Waals surface area contributed by atoms with Crippen molar-refractivity contribution in [2.45, 2.75) is 18.9 Å². The van der Waals surface area contributed by atoms with Crippen molar-refractivity contribution in [2.24, 2.45) is 11.7 Å². The summed E-state index contributed by atoms with van der Waals surface area (Å²) in [6, 6.07) is 2.40. The lowest BCUT2D eigenvalue weighted by atomic mass is 10.1. The van der Waals surface area contributed by atoms with Gasteiger partial charge in [-0.1, -0.05) is 0 Å². The molecule has 19 heavy (non-hydrogen) atoms. The second-order valence-corrected chi connectivity index (χ2v) is 5.62. The van der Waals surface area contributed by atoms with Crippen molar-refractivity contribution >= 4 is 27.3 Å². The highest BCUT2D eigenvalue weighted by atomic mass is 79.9. The fraction of sp³-hybridized carbons (Fsp3) is 0.500. The summed E-state index contributed by atoms with van der Waals surface area (Å²) in [6.45, 7) is 0.399. The summed E-state index contributed by atoms with van der Waals surface area (Å²) in [5.74, 6) is -0.0691. The van der Waals surface area contributed by atoms with Gasteiger partial charge in [-0.05, 0) is 34.7 Å². The molecule has 1 aliphatic carbocycles. The second-order valence-electron chi connectivity index (χ2n) is 4.76. The van der Waals surface area contributed by atoms with Gasteiger partial charge in [-0.3, -0.25) is 10.1 Å². The molecule has 0 heterocycles. The molecule has 2 N–H and O–H groups in total. The van der Waals surface area contributed by atoms with E-state index in [2.05, 4.69) is 15.9 Å². The third-order valence-corrected chi connectivity index (χ3v) is 4.11. The number of anilines is 1. The van der Waals surface area contributed by atoms with Crippen LogP contribution in [0.1, 0.15) is 12.8 Å². The molecule has 1 aromatic rings. The van der Waals surface area contributed by atoms with E-state index in [0.717, 1.165) is 12.8 Å². The van der Waals surface area contributed by atoms with Crippen LogP contribution in [0.25, 0.3) is 0 Å². The van der Waals surface area contributed by atoms with Crippen molar-refractivity contribution in [3.05, 3.63) is 32.5 Å². The van der Waals surface area contributed by atoms with Gasteiger partial charge in [0.1, 0.15) is 11.5 Å². The number of nitrogens with two attached hydrogens (primary N) is 1. The number of halogens is 2. The molecule has 0 aromatic heterocycles. The largest absolute Gasteiger partial charge is 0.364 e. The van der Waals surface area contributed by atoms with E-state index in [-0.39, 0.29) is 21.9 Å². The molecule has 2 rings (SSSR count). The van der Waals surface area contributed by atoms with Crippen LogP contribution in [-0.4, -0.2) is 24.6 Å². The lowest BCUT2D eigenvalue weighted by molar-refractivity contribution is -0.384. The first-order valence-corrected chi connectivity index (χ1v) is 6.81. The third-order valence-electron chi connectivity index (χ3n) is 3.50. The van der Waals surface area contributed by atoms with Crippen molar-refractivity contribution in [3.63, 3.8) is 0 Å². The number of nitro groups is 1. The van der Waals surface area contributed by atoms with Gasteiger partial charge >= 0.3 is 0 Å². The Morgan fingerprint density at radius 3 is 2.74 bits per heavy atom. The summed E-state index contributed by atoms with van der Waals surface area (Å²) >= 11 is 2.97. The van der Waals surface area contributed by atoms with Gasteiger partial charge in [-0.25, -0.2) is 4.39 Å². The minimum Gasteiger partial charge on any atom is -0.364 e. The van der Waals surface area contributed by atoms with Crippen LogP contribution >= 0.6 is 15.9 Å². The van der Waals surface area contributed by atoms with Gasteiger partial charge < -0.3 is 10.6 Å². The van der Waals surface area contributed by atoms with Gasteiger partial charge in [-0.15, -0.1) is 0 Å². The van der Waals surface area contributed by atoms with Crippen LogP contribution in [0.5, 0.6) is 0 Å². The smallest absolute Gasteiger partial charge is 0.293 e. The van der Waals surface area contributed by atoms with Crippen LogP contribution in [0.3, 0.4) is 0 Å². The number of benzene rings is 1. The van der Waals surface area contributed by atoms with E-state index in [4.69, 9.17) is 5.73 Å². The van der Waals surface area contributed by atoms with Gasteiger partial charge in [0.15, 0.2) is 0 Å². The van der Waals surface area contributed by atoms with E-state index in [1.54, 1.807) is 11.9 Å². The molecule has 1 aromatic carbocycles. The maximum Gasteiger partial charge on any atom is 0.293 e. The van der Waals surface area contributed by atoms with Crippen molar-refractivity contribution in [2.75, 3.05) is 18.5 Å². The molecule has 0 amide bonds. The second kappa shape index (κ2) is 5.42. The average molecular weight is 332 g/mol. The topological polar surface area (TPSA) is 72.4 Å². The van der Waals surface area contributed by atoms with Crippen molar-refractivity contribution < 1.29 is 9.31 Å². The fourth-order valence-electron chi connectivity index (χ4n) is 2.28. The first kappa shape index (κ1) is 14.2. The highest BCUT2D eigenvalue weighted by Crippen LogP contribution is 2.39. The van der Waals surface area contributed by atoms with Crippen molar-refractivity contribution in [1.29, 1.82) is 0 Å². The van der Waals surface area contributed by atoms with Crippen LogP contribution in [0.4, 0.5) is 15.8 Å². The lowest BCUT2D eigenvalue weighted by Gasteiger charge is -2.28. The monoisotopic (exact) mass is 331 g/mol. The molecule has 1 saturated carbocycles. The Morgan fingerprint density at radius 2 is 2.26 bits per heavy atom. The van der Waals surface area contributed by atoms with Crippen LogP contribution < -0.4 is 10.6 Å². The van der Waals surface area contributed by atoms with E-state index < -0.39 is 10.7 Å². The Bertz CT molecular complexity index is 508. The van der Waals surface area contributed by atoms with Gasteiger partial charge in [0.05, 0.1) is 9.40 Å². The molecular formula is C12H15BrFN3O2. The lowest BCUT2D eigenvalue weighted by Crippen LogP contribution is -2.40. The van der Waals surface area contributed by atoms with E-state index in [1.807, 2.05) is 0 Å². The molecule has 0 spiro atoms. The molecule has 0 bridgehead atoms. The summed E-state index contributed by atoms with van der Waals surface area (Å²) in [4.78, 5) is 12.3. The van der Waals surface area contributed by atoms with Gasteiger partial charge in [0, 0.05) is 31.8 Å². The number of likely N-dealkylation sites (N-methyl/N-ethyl adjacent to an activating group) is 1. The number of hydrogen-bond donors (Lipinski definition) is 1. The molecule has 1 atom stereocenters. The maximum absolute atomic E-state index is 13.6. The molecule has 1 aliphatic rings. The Kier molecular flexibility index (Phi) is 4.05. The van der Waals surface area contributed by atoms with Crippen LogP contribution in [-0.2, 0) is 0 Å². The van der Waals surface area contributed by atoms with Crippen LogP contribution in [0.15, 0.2) is 16.6 Å². The van der Waals surface area contributed by atoms with Gasteiger partial charge in [0.25, 0.3) is 5.69 Å². The third kappa shape index (κ3) is 2.87. The molecule has 0 aliphatic heterocycles. The molecule has 104 valence electrons. The van der Waals surface area contributed by atoms with Crippen molar-refractivity contribution in [3.8, 4) is 0 Å². The van der Waals surface area contributed by atoms with E-state index in [9.17, 15) is 14.5 Å². The summed E-state index contributed by atoms with van der Waals surface area (Å²) in [5, 5.41) is 11.1. The molecule has 0 radical (unpaired) electrons.